The minimum absolute atomic E-state index is 0.0728. The van der Waals surface area contributed by atoms with Gasteiger partial charge in [0.1, 0.15) is 0 Å². The topological polar surface area (TPSA) is 29.5 Å². The lowest BCUT2D eigenvalue weighted by Gasteiger charge is -2.29. The summed E-state index contributed by atoms with van der Waals surface area (Å²) in [7, 11) is 1.74. The Morgan fingerprint density at radius 2 is 2.08 bits per heavy atom. The molecule has 12 heavy (non-hydrogen) atoms. The molecule has 0 spiro atoms. The Bertz CT molecular complexity index is 125. The van der Waals surface area contributed by atoms with Crippen molar-refractivity contribution in [2.75, 3.05) is 7.11 Å². The molecule has 2 nitrogen and oxygen atoms in total. The van der Waals surface area contributed by atoms with Gasteiger partial charge >= 0.3 is 0 Å². The highest BCUT2D eigenvalue weighted by Crippen LogP contribution is 2.28. The predicted octanol–water partition coefficient (Wildman–Crippen LogP) is 1.96. The van der Waals surface area contributed by atoms with Crippen LogP contribution in [-0.2, 0) is 4.74 Å². The first-order chi connectivity index (χ1) is 5.74. The Labute approximate surface area is 74.9 Å². The van der Waals surface area contributed by atoms with Gasteiger partial charge in [0.25, 0.3) is 0 Å². The molecule has 1 aliphatic rings. The van der Waals surface area contributed by atoms with Gasteiger partial charge in [0.05, 0.1) is 12.2 Å². The number of hydrogen-bond donors (Lipinski definition) is 1. The van der Waals surface area contributed by atoms with Gasteiger partial charge in [-0.3, -0.25) is 0 Å². The Morgan fingerprint density at radius 3 is 2.67 bits per heavy atom. The number of rotatable bonds is 3. The number of hydrogen-bond acceptors (Lipinski definition) is 2. The van der Waals surface area contributed by atoms with Gasteiger partial charge in [-0.2, -0.15) is 0 Å². The maximum absolute atomic E-state index is 9.66. The summed E-state index contributed by atoms with van der Waals surface area (Å²) < 4.78 is 5.19. The van der Waals surface area contributed by atoms with E-state index in [4.69, 9.17) is 4.74 Å². The van der Waals surface area contributed by atoms with Crippen LogP contribution in [0, 0.1) is 5.92 Å². The van der Waals surface area contributed by atoms with Gasteiger partial charge < -0.3 is 9.84 Å². The summed E-state index contributed by atoms with van der Waals surface area (Å²) >= 11 is 0. The van der Waals surface area contributed by atoms with Gasteiger partial charge in [-0.1, -0.05) is 12.8 Å². The molecule has 0 amide bonds. The first kappa shape index (κ1) is 10.0. The molecule has 1 aliphatic carbocycles. The number of aliphatic hydroxyl groups is 1. The molecule has 3 atom stereocenters. The highest BCUT2D eigenvalue weighted by atomic mass is 16.5. The summed E-state index contributed by atoms with van der Waals surface area (Å²) in [4.78, 5) is 0. The fourth-order valence-electron chi connectivity index (χ4n) is 1.99. The van der Waals surface area contributed by atoms with Crippen molar-refractivity contribution in [2.45, 2.75) is 51.2 Å². The van der Waals surface area contributed by atoms with E-state index in [2.05, 4.69) is 6.92 Å². The largest absolute Gasteiger partial charge is 0.393 e. The van der Waals surface area contributed by atoms with E-state index in [1.54, 1.807) is 7.11 Å². The summed E-state index contributed by atoms with van der Waals surface area (Å²) in [6.45, 7) is 2.07. The summed E-state index contributed by atoms with van der Waals surface area (Å²) in [5.41, 5.74) is 0. The number of methoxy groups -OCH3 is 1. The summed E-state index contributed by atoms with van der Waals surface area (Å²) in [6, 6.07) is 0. The predicted molar refractivity (Wildman–Crippen MR) is 49.1 cm³/mol. The van der Waals surface area contributed by atoms with Crippen molar-refractivity contribution in [2.24, 2.45) is 5.92 Å². The normalized spacial score (nSPS) is 33.2. The average Bonchev–Trinajstić information content (AvgIpc) is 2.09. The molecule has 0 bridgehead atoms. The van der Waals surface area contributed by atoms with Crippen LogP contribution in [-0.4, -0.2) is 24.4 Å². The Morgan fingerprint density at radius 1 is 1.42 bits per heavy atom. The van der Waals surface area contributed by atoms with E-state index in [0.717, 1.165) is 12.8 Å². The van der Waals surface area contributed by atoms with Gasteiger partial charge in [0.2, 0.25) is 0 Å². The molecule has 0 aromatic carbocycles. The van der Waals surface area contributed by atoms with E-state index in [0.29, 0.717) is 12.0 Å². The molecule has 1 saturated carbocycles. The van der Waals surface area contributed by atoms with Gasteiger partial charge in [0, 0.05) is 7.11 Å². The zero-order chi connectivity index (χ0) is 8.97. The summed E-state index contributed by atoms with van der Waals surface area (Å²) in [5.74, 6) is 0.480. The second-order valence-electron chi connectivity index (χ2n) is 3.89. The average molecular weight is 172 g/mol. The molecular weight excluding hydrogens is 152 g/mol. The van der Waals surface area contributed by atoms with Crippen molar-refractivity contribution < 1.29 is 9.84 Å². The highest BCUT2D eigenvalue weighted by Gasteiger charge is 2.24. The number of ether oxygens (including phenoxy) is 1. The standard InChI is InChI=1S/C10H20O2/c1-8(12-2)7-9-5-3-4-6-10(9)11/h8-11H,3-7H2,1-2H3. The summed E-state index contributed by atoms with van der Waals surface area (Å²) in [5, 5.41) is 9.66. The minimum Gasteiger partial charge on any atom is -0.393 e. The van der Waals surface area contributed by atoms with Crippen molar-refractivity contribution in [3.05, 3.63) is 0 Å². The van der Waals surface area contributed by atoms with E-state index in [1.807, 2.05) is 0 Å². The lowest BCUT2D eigenvalue weighted by atomic mass is 9.83. The second kappa shape index (κ2) is 4.83. The minimum atomic E-state index is -0.0728. The van der Waals surface area contributed by atoms with E-state index in [1.165, 1.54) is 19.3 Å². The quantitative estimate of drug-likeness (QED) is 0.705. The highest BCUT2D eigenvalue weighted by molar-refractivity contribution is 4.76. The fourth-order valence-corrected chi connectivity index (χ4v) is 1.99. The van der Waals surface area contributed by atoms with Crippen molar-refractivity contribution in [1.29, 1.82) is 0 Å². The van der Waals surface area contributed by atoms with Gasteiger partial charge in [-0.15, -0.1) is 0 Å². The van der Waals surface area contributed by atoms with E-state index < -0.39 is 0 Å². The lowest BCUT2D eigenvalue weighted by molar-refractivity contribution is 0.0236. The summed E-state index contributed by atoms with van der Waals surface area (Å²) in [6.07, 6.45) is 5.87. The first-order valence-corrected chi connectivity index (χ1v) is 4.95. The molecule has 0 radical (unpaired) electrons. The first-order valence-electron chi connectivity index (χ1n) is 4.95. The zero-order valence-electron chi connectivity index (χ0n) is 8.12. The third-order valence-electron chi connectivity index (χ3n) is 2.91. The molecule has 0 heterocycles. The molecule has 1 rings (SSSR count). The second-order valence-corrected chi connectivity index (χ2v) is 3.89. The zero-order valence-corrected chi connectivity index (χ0v) is 8.12. The SMILES string of the molecule is COC(C)CC1CCCCC1O. The molecule has 1 N–H and O–H groups in total. The van der Waals surface area contributed by atoms with Crippen LogP contribution in [0.25, 0.3) is 0 Å². The van der Waals surface area contributed by atoms with Gasteiger partial charge in [-0.25, -0.2) is 0 Å². The molecule has 0 aromatic heterocycles. The maximum atomic E-state index is 9.66. The molecule has 72 valence electrons. The monoisotopic (exact) mass is 172 g/mol. The van der Waals surface area contributed by atoms with Crippen LogP contribution in [0.15, 0.2) is 0 Å². The van der Waals surface area contributed by atoms with E-state index >= 15 is 0 Å². The molecule has 0 aromatic rings. The van der Waals surface area contributed by atoms with Crippen LogP contribution in [0.4, 0.5) is 0 Å². The van der Waals surface area contributed by atoms with Crippen LogP contribution in [0.3, 0.4) is 0 Å². The van der Waals surface area contributed by atoms with Crippen LogP contribution >= 0.6 is 0 Å². The molecule has 0 saturated heterocycles. The van der Waals surface area contributed by atoms with E-state index in [-0.39, 0.29) is 6.10 Å². The Balaban J connectivity index is 2.28. The van der Waals surface area contributed by atoms with Crippen LogP contribution in [0.5, 0.6) is 0 Å². The van der Waals surface area contributed by atoms with Crippen molar-refractivity contribution >= 4 is 0 Å². The maximum Gasteiger partial charge on any atom is 0.0569 e. The Hall–Kier alpha value is -0.0800. The number of aliphatic hydroxyl groups excluding tert-OH is 1. The fraction of sp³-hybridized carbons (Fsp3) is 1.00. The van der Waals surface area contributed by atoms with Crippen LogP contribution in [0.2, 0.25) is 0 Å². The smallest absolute Gasteiger partial charge is 0.0569 e. The third kappa shape index (κ3) is 2.76. The molecule has 1 fully saturated rings. The van der Waals surface area contributed by atoms with Crippen LogP contribution in [0.1, 0.15) is 39.0 Å². The molecule has 3 unspecified atom stereocenters. The van der Waals surface area contributed by atoms with Crippen molar-refractivity contribution in [3.8, 4) is 0 Å². The third-order valence-corrected chi connectivity index (χ3v) is 2.91. The van der Waals surface area contributed by atoms with Gasteiger partial charge in [0.15, 0.2) is 0 Å². The van der Waals surface area contributed by atoms with E-state index in [9.17, 15) is 5.11 Å². The molecular formula is C10H20O2. The Kier molecular flexibility index (Phi) is 4.02. The molecule has 2 heteroatoms. The van der Waals surface area contributed by atoms with Crippen molar-refractivity contribution in [3.63, 3.8) is 0 Å². The molecule has 0 aliphatic heterocycles. The lowest BCUT2D eigenvalue weighted by Crippen LogP contribution is -2.27. The van der Waals surface area contributed by atoms with Crippen LogP contribution < -0.4 is 0 Å². The van der Waals surface area contributed by atoms with Gasteiger partial charge in [-0.05, 0) is 32.1 Å². The van der Waals surface area contributed by atoms with Crippen molar-refractivity contribution in [1.82, 2.24) is 0 Å².